The zero-order valence-corrected chi connectivity index (χ0v) is 8.62. The van der Waals surface area contributed by atoms with E-state index < -0.39 is 30.3 Å². The molecule has 0 spiro atoms. The van der Waals surface area contributed by atoms with Crippen molar-refractivity contribution in [3.8, 4) is 0 Å². The van der Waals surface area contributed by atoms with E-state index in [1.54, 1.807) is 0 Å². The van der Waals surface area contributed by atoms with E-state index in [4.69, 9.17) is 15.3 Å². The van der Waals surface area contributed by atoms with Gasteiger partial charge in [0.25, 0.3) is 0 Å². The molecule has 0 aliphatic heterocycles. The van der Waals surface area contributed by atoms with Crippen LogP contribution in [0.2, 0.25) is 0 Å². The van der Waals surface area contributed by atoms with Gasteiger partial charge in [0.1, 0.15) is 18.3 Å². The molecule has 0 bridgehead atoms. The quantitative estimate of drug-likeness (QED) is 0.399. The zero-order valence-electron chi connectivity index (χ0n) is 6.41. The Hall–Kier alpha value is 0.0797. The van der Waals surface area contributed by atoms with Crippen molar-refractivity contribution in [1.82, 2.24) is 0 Å². The summed E-state index contributed by atoms with van der Waals surface area (Å²) in [6, 6.07) is 0. The molecule has 1 unspecified atom stereocenters. The van der Waals surface area contributed by atoms with Crippen molar-refractivity contribution in [1.29, 1.82) is 0 Å². The minimum absolute atomic E-state index is 0. The first-order valence-electron chi connectivity index (χ1n) is 2.84. The molecule has 70 valence electrons. The molecule has 0 aromatic rings. The Kier molecular flexibility index (Phi) is 7.80. The fraction of sp³-hybridized carbons (Fsp3) is 0.600. The van der Waals surface area contributed by atoms with Gasteiger partial charge in [-0.1, -0.05) is 0 Å². The van der Waals surface area contributed by atoms with Gasteiger partial charge in [0.15, 0.2) is 0 Å². The van der Waals surface area contributed by atoms with Crippen LogP contribution >= 0.6 is 0 Å². The maximum absolute atomic E-state index is 9.82. The second-order valence-corrected chi connectivity index (χ2v) is 2.02. The van der Waals surface area contributed by atoms with Gasteiger partial charge in [-0.05, 0) is 0 Å². The molecular weight excluding hydrogens is 212 g/mol. The number of rotatable bonds is 4. The van der Waals surface area contributed by atoms with Crippen molar-refractivity contribution in [2.45, 2.75) is 18.3 Å². The number of aliphatic hydroxyl groups excluding tert-OH is 3. The predicted molar refractivity (Wildman–Crippen MR) is 33.8 cm³/mol. The third kappa shape index (κ3) is 4.75. The van der Waals surface area contributed by atoms with E-state index >= 15 is 0 Å². The number of carbonyl (C=O) groups excluding carboxylic acids is 2. The number of carboxylic acids is 2. The second kappa shape index (κ2) is 6.52. The van der Waals surface area contributed by atoms with Gasteiger partial charge in [0, 0.05) is 0 Å². The zero-order chi connectivity index (χ0) is 9.89. The van der Waals surface area contributed by atoms with Crippen LogP contribution in [-0.4, -0.2) is 83.3 Å². The summed E-state index contributed by atoms with van der Waals surface area (Å²) in [5.74, 6) is -4.16. The molecule has 0 aromatic heterocycles. The number of aliphatic carboxylic acids is 2. The molecule has 13 heavy (non-hydrogen) atoms. The molecule has 0 fully saturated rings. The summed E-state index contributed by atoms with van der Waals surface area (Å²) in [5.41, 5.74) is 0. The van der Waals surface area contributed by atoms with Crippen LogP contribution in [0.4, 0.5) is 0 Å². The van der Waals surface area contributed by atoms with Crippen LogP contribution < -0.4 is 10.2 Å². The fourth-order valence-corrected chi connectivity index (χ4v) is 0.452. The molecule has 0 amide bonds. The monoisotopic (exact) mass is 218 g/mol. The summed E-state index contributed by atoms with van der Waals surface area (Å²) in [6.07, 6.45) is -7.28. The molecule has 0 aliphatic carbocycles. The third-order valence-corrected chi connectivity index (χ3v) is 1.13. The van der Waals surface area contributed by atoms with E-state index in [0.29, 0.717) is 0 Å². The van der Waals surface area contributed by atoms with Crippen molar-refractivity contribution in [2.24, 2.45) is 0 Å². The summed E-state index contributed by atoms with van der Waals surface area (Å²) in [4.78, 5) is 19.6. The molecule has 3 N–H and O–H groups in total. The largest absolute Gasteiger partial charge is 2.00 e. The summed E-state index contributed by atoms with van der Waals surface area (Å²) in [5, 5.41) is 45.1. The van der Waals surface area contributed by atoms with Gasteiger partial charge in [0.05, 0.1) is 11.9 Å². The van der Waals surface area contributed by atoms with Crippen molar-refractivity contribution in [2.75, 3.05) is 0 Å². The Morgan fingerprint density at radius 1 is 0.923 bits per heavy atom. The molecule has 8 heteroatoms. The molecular formula is C5H6CaO7. The Balaban J connectivity index is 0. The van der Waals surface area contributed by atoms with Crippen LogP contribution in [0.1, 0.15) is 0 Å². The van der Waals surface area contributed by atoms with Crippen LogP contribution in [0.15, 0.2) is 0 Å². The Morgan fingerprint density at radius 2 is 1.15 bits per heavy atom. The summed E-state index contributed by atoms with van der Waals surface area (Å²) < 4.78 is 0. The van der Waals surface area contributed by atoms with Crippen LogP contribution in [0.5, 0.6) is 0 Å². The van der Waals surface area contributed by atoms with Crippen LogP contribution in [0, 0.1) is 0 Å². The van der Waals surface area contributed by atoms with Crippen LogP contribution in [-0.2, 0) is 9.59 Å². The van der Waals surface area contributed by atoms with Gasteiger partial charge < -0.3 is 35.1 Å². The molecule has 0 aromatic carbocycles. The molecule has 3 atom stereocenters. The standard InChI is InChI=1S/C5H8O7.Ca/c6-1(2(7)4(9)10)3(8)5(11)12;/h1-3,6-8H,(H,9,10)(H,11,12);/q;+2/p-2/t1?,2-,3+;. The van der Waals surface area contributed by atoms with Gasteiger partial charge in [0.2, 0.25) is 0 Å². The minimum Gasteiger partial charge on any atom is -0.547 e. The third-order valence-electron chi connectivity index (χ3n) is 1.13. The molecule has 0 heterocycles. The van der Waals surface area contributed by atoms with Crippen LogP contribution in [0.3, 0.4) is 0 Å². The minimum atomic E-state index is -2.46. The summed E-state index contributed by atoms with van der Waals surface area (Å²) >= 11 is 0. The first kappa shape index (κ1) is 15.5. The number of hydrogen-bond donors (Lipinski definition) is 3. The van der Waals surface area contributed by atoms with Crippen molar-refractivity contribution < 1.29 is 35.1 Å². The average molecular weight is 218 g/mol. The first-order valence-corrected chi connectivity index (χ1v) is 2.84. The van der Waals surface area contributed by atoms with Gasteiger partial charge in [-0.15, -0.1) is 0 Å². The van der Waals surface area contributed by atoms with Gasteiger partial charge in [-0.25, -0.2) is 0 Å². The van der Waals surface area contributed by atoms with Gasteiger partial charge in [-0.3, -0.25) is 0 Å². The summed E-state index contributed by atoms with van der Waals surface area (Å²) in [7, 11) is 0. The van der Waals surface area contributed by atoms with E-state index in [-0.39, 0.29) is 37.7 Å². The fourth-order valence-electron chi connectivity index (χ4n) is 0.452. The molecule has 0 saturated carbocycles. The normalized spacial score (nSPS) is 16.5. The van der Waals surface area contributed by atoms with Gasteiger partial charge >= 0.3 is 37.7 Å². The van der Waals surface area contributed by atoms with Crippen LogP contribution in [0.25, 0.3) is 0 Å². The smallest absolute Gasteiger partial charge is 0.547 e. The maximum atomic E-state index is 9.82. The Labute approximate surface area is 103 Å². The topological polar surface area (TPSA) is 141 Å². The van der Waals surface area contributed by atoms with Gasteiger partial charge in [-0.2, -0.15) is 0 Å². The van der Waals surface area contributed by atoms with E-state index in [0.717, 1.165) is 0 Å². The number of aliphatic hydroxyl groups is 3. The second-order valence-electron chi connectivity index (χ2n) is 2.02. The van der Waals surface area contributed by atoms with E-state index in [9.17, 15) is 19.8 Å². The van der Waals surface area contributed by atoms with Crippen molar-refractivity contribution in [3.63, 3.8) is 0 Å². The van der Waals surface area contributed by atoms with E-state index in [1.165, 1.54) is 0 Å². The van der Waals surface area contributed by atoms with Crippen molar-refractivity contribution >= 4 is 49.7 Å². The van der Waals surface area contributed by atoms with E-state index in [2.05, 4.69) is 0 Å². The Bertz CT molecular complexity index is 173. The molecule has 0 radical (unpaired) electrons. The van der Waals surface area contributed by atoms with Crippen molar-refractivity contribution in [3.05, 3.63) is 0 Å². The molecule has 0 aliphatic rings. The number of hydrogen-bond acceptors (Lipinski definition) is 7. The predicted octanol–water partition coefficient (Wildman–Crippen LogP) is -5.81. The number of carboxylic acid groups (broad SMARTS) is 2. The molecule has 7 nitrogen and oxygen atoms in total. The van der Waals surface area contributed by atoms with E-state index in [1.807, 2.05) is 0 Å². The number of carbonyl (C=O) groups is 2. The molecule has 0 rings (SSSR count). The maximum Gasteiger partial charge on any atom is 2.00 e. The SMILES string of the molecule is O=C([O-])[C@@H](O)C(O)[C@@H](O)C(=O)[O-].[Ca+2]. The average Bonchev–Trinajstić information content (AvgIpc) is 2.00. The molecule has 0 saturated heterocycles. The Morgan fingerprint density at radius 3 is 1.31 bits per heavy atom. The first-order chi connectivity index (χ1) is 5.37. The summed E-state index contributed by atoms with van der Waals surface area (Å²) in [6.45, 7) is 0.